The Bertz CT molecular complexity index is 590. The fraction of sp³-hybridized carbons (Fsp3) is 0.471. The van der Waals surface area contributed by atoms with Crippen LogP contribution < -0.4 is 5.32 Å². The minimum atomic E-state index is 0.785. The summed E-state index contributed by atoms with van der Waals surface area (Å²) >= 11 is 6.17. The summed E-state index contributed by atoms with van der Waals surface area (Å²) in [5.74, 6) is 0. The van der Waals surface area contributed by atoms with Crippen LogP contribution in [-0.4, -0.2) is 16.3 Å². The molecule has 3 nitrogen and oxygen atoms in total. The Balaban J connectivity index is 2.38. The van der Waals surface area contributed by atoms with E-state index in [-0.39, 0.29) is 0 Å². The Kier molecular flexibility index (Phi) is 5.83. The summed E-state index contributed by atoms with van der Waals surface area (Å²) in [6, 6.07) is 6.13. The van der Waals surface area contributed by atoms with Gasteiger partial charge in [-0.15, -0.1) is 0 Å². The van der Waals surface area contributed by atoms with Crippen molar-refractivity contribution in [1.82, 2.24) is 15.1 Å². The van der Waals surface area contributed by atoms with E-state index in [2.05, 4.69) is 42.6 Å². The predicted octanol–water partition coefficient (Wildman–Crippen LogP) is 4.19. The monoisotopic (exact) mass is 305 g/mol. The van der Waals surface area contributed by atoms with Gasteiger partial charge in [0.1, 0.15) is 0 Å². The fourth-order valence-electron chi connectivity index (χ4n) is 2.55. The van der Waals surface area contributed by atoms with E-state index in [1.807, 2.05) is 17.8 Å². The van der Waals surface area contributed by atoms with E-state index in [4.69, 9.17) is 11.6 Å². The van der Waals surface area contributed by atoms with Crippen molar-refractivity contribution in [1.29, 1.82) is 0 Å². The molecule has 1 aromatic carbocycles. The molecule has 0 atom stereocenters. The number of nitrogens with zero attached hydrogens (tertiary/aromatic N) is 2. The van der Waals surface area contributed by atoms with Crippen LogP contribution >= 0.6 is 11.6 Å². The third-order valence-corrected chi connectivity index (χ3v) is 3.73. The fourth-order valence-corrected chi connectivity index (χ4v) is 2.75. The number of aryl methyl sites for hydroxylation is 2. The molecule has 0 radical (unpaired) electrons. The van der Waals surface area contributed by atoms with Gasteiger partial charge in [0, 0.05) is 30.4 Å². The zero-order chi connectivity index (χ0) is 15.2. The average Bonchev–Trinajstić information content (AvgIpc) is 2.80. The molecule has 0 spiro atoms. The van der Waals surface area contributed by atoms with E-state index >= 15 is 0 Å². The van der Waals surface area contributed by atoms with E-state index in [0.29, 0.717) is 0 Å². The lowest BCUT2D eigenvalue weighted by Crippen LogP contribution is -2.14. The highest BCUT2D eigenvalue weighted by Crippen LogP contribution is 2.29. The maximum atomic E-state index is 6.17. The molecule has 1 aromatic heterocycles. The van der Waals surface area contributed by atoms with Crippen molar-refractivity contribution in [2.75, 3.05) is 6.54 Å². The highest BCUT2D eigenvalue weighted by molar-refractivity contribution is 6.30. The lowest BCUT2D eigenvalue weighted by atomic mass is 9.98. The van der Waals surface area contributed by atoms with Crippen LogP contribution in [-0.2, 0) is 20.0 Å². The smallest absolute Gasteiger partial charge is 0.0702 e. The zero-order valence-corrected chi connectivity index (χ0v) is 13.9. The Hall–Kier alpha value is -1.32. The van der Waals surface area contributed by atoms with Gasteiger partial charge < -0.3 is 5.32 Å². The van der Waals surface area contributed by atoms with Gasteiger partial charge in [-0.1, -0.05) is 37.9 Å². The highest BCUT2D eigenvalue weighted by Gasteiger charge is 2.13. The summed E-state index contributed by atoms with van der Waals surface area (Å²) in [5.41, 5.74) is 4.87. The Labute approximate surface area is 132 Å². The van der Waals surface area contributed by atoms with Crippen molar-refractivity contribution in [3.63, 3.8) is 0 Å². The van der Waals surface area contributed by atoms with E-state index in [1.54, 1.807) is 0 Å². The summed E-state index contributed by atoms with van der Waals surface area (Å²) in [4.78, 5) is 0. The van der Waals surface area contributed by atoms with E-state index < -0.39 is 0 Å². The quantitative estimate of drug-likeness (QED) is 0.777. The minimum Gasteiger partial charge on any atom is -0.313 e. The van der Waals surface area contributed by atoms with Gasteiger partial charge in [0.25, 0.3) is 0 Å². The molecule has 0 fully saturated rings. The maximum Gasteiger partial charge on any atom is 0.0702 e. The molecule has 0 aliphatic heterocycles. The molecule has 1 heterocycles. The number of rotatable bonds is 7. The third kappa shape index (κ3) is 4.08. The second-order valence-electron chi connectivity index (χ2n) is 5.39. The second kappa shape index (κ2) is 7.62. The van der Waals surface area contributed by atoms with Gasteiger partial charge >= 0.3 is 0 Å². The molecule has 2 rings (SSSR count). The standard InChI is InChI=1S/C17H24ClN3/c1-4-6-17-16(12-21(3)20-17)15-8-7-14(18)10-13(15)11-19-9-5-2/h7-8,10,12,19H,4-6,9,11H2,1-3H3. The Morgan fingerprint density at radius 3 is 2.71 bits per heavy atom. The first-order valence-electron chi connectivity index (χ1n) is 7.67. The van der Waals surface area contributed by atoms with Crippen LogP contribution in [0.3, 0.4) is 0 Å². The molecule has 114 valence electrons. The van der Waals surface area contributed by atoms with Gasteiger partial charge in [-0.3, -0.25) is 4.68 Å². The van der Waals surface area contributed by atoms with Crippen LogP contribution in [0.2, 0.25) is 5.02 Å². The van der Waals surface area contributed by atoms with Crippen molar-refractivity contribution >= 4 is 11.6 Å². The van der Waals surface area contributed by atoms with Crippen LogP contribution in [0.15, 0.2) is 24.4 Å². The summed E-state index contributed by atoms with van der Waals surface area (Å²) in [7, 11) is 1.98. The number of nitrogens with one attached hydrogen (secondary N) is 1. The van der Waals surface area contributed by atoms with Crippen LogP contribution in [0.4, 0.5) is 0 Å². The first kappa shape index (κ1) is 16.1. The largest absolute Gasteiger partial charge is 0.313 e. The van der Waals surface area contributed by atoms with Gasteiger partial charge in [-0.2, -0.15) is 5.10 Å². The van der Waals surface area contributed by atoms with Crippen molar-refractivity contribution in [3.8, 4) is 11.1 Å². The number of aromatic nitrogens is 2. The summed E-state index contributed by atoms with van der Waals surface area (Å²) < 4.78 is 1.90. The topological polar surface area (TPSA) is 29.9 Å². The van der Waals surface area contributed by atoms with E-state index in [1.165, 1.54) is 22.4 Å². The van der Waals surface area contributed by atoms with Crippen LogP contribution in [0.25, 0.3) is 11.1 Å². The summed E-state index contributed by atoms with van der Waals surface area (Å²) in [5, 5.41) is 8.85. The van der Waals surface area contributed by atoms with Crippen molar-refractivity contribution in [2.24, 2.45) is 7.05 Å². The van der Waals surface area contributed by atoms with Gasteiger partial charge in [-0.05, 0) is 42.6 Å². The maximum absolute atomic E-state index is 6.17. The highest BCUT2D eigenvalue weighted by atomic mass is 35.5. The van der Waals surface area contributed by atoms with Crippen molar-refractivity contribution in [3.05, 3.63) is 40.7 Å². The van der Waals surface area contributed by atoms with Gasteiger partial charge in [0.15, 0.2) is 0 Å². The first-order valence-corrected chi connectivity index (χ1v) is 8.05. The van der Waals surface area contributed by atoms with Gasteiger partial charge in [-0.25, -0.2) is 0 Å². The number of hydrogen-bond acceptors (Lipinski definition) is 2. The average molecular weight is 306 g/mol. The normalized spacial score (nSPS) is 11.0. The zero-order valence-electron chi connectivity index (χ0n) is 13.1. The third-order valence-electron chi connectivity index (χ3n) is 3.49. The van der Waals surface area contributed by atoms with E-state index in [9.17, 15) is 0 Å². The number of hydrogen-bond donors (Lipinski definition) is 1. The molecular weight excluding hydrogens is 282 g/mol. The molecule has 0 bridgehead atoms. The number of benzene rings is 1. The van der Waals surface area contributed by atoms with Gasteiger partial charge in [0.05, 0.1) is 5.69 Å². The predicted molar refractivity (Wildman–Crippen MR) is 89.6 cm³/mol. The molecular formula is C17H24ClN3. The molecule has 1 N–H and O–H groups in total. The summed E-state index contributed by atoms with van der Waals surface area (Å²) in [6.45, 7) is 6.21. The lowest BCUT2D eigenvalue weighted by molar-refractivity contribution is 0.676. The van der Waals surface area contributed by atoms with Crippen LogP contribution in [0, 0.1) is 0 Å². The Morgan fingerprint density at radius 1 is 1.19 bits per heavy atom. The molecule has 21 heavy (non-hydrogen) atoms. The van der Waals surface area contributed by atoms with Crippen molar-refractivity contribution in [2.45, 2.75) is 39.7 Å². The SMILES string of the molecule is CCCNCc1cc(Cl)ccc1-c1cn(C)nc1CCC. The minimum absolute atomic E-state index is 0.785. The summed E-state index contributed by atoms with van der Waals surface area (Å²) in [6.07, 6.45) is 5.34. The van der Waals surface area contributed by atoms with Crippen molar-refractivity contribution < 1.29 is 0 Å². The van der Waals surface area contributed by atoms with E-state index in [0.717, 1.165) is 37.4 Å². The molecule has 0 amide bonds. The van der Waals surface area contributed by atoms with Crippen LogP contribution in [0.5, 0.6) is 0 Å². The van der Waals surface area contributed by atoms with Gasteiger partial charge in [0.2, 0.25) is 0 Å². The molecule has 0 aliphatic rings. The molecule has 2 aromatic rings. The molecule has 0 aliphatic carbocycles. The molecule has 0 unspecified atom stereocenters. The number of halogens is 1. The van der Waals surface area contributed by atoms with Crippen LogP contribution in [0.1, 0.15) is 37.9 Å². The molecule has 0 saturated heterocycles. The molecule has 0 saturated carbocycles. The first-order chi connectivity index (χ1) is 10.2. The lowest BCUT2D eigenvalue weighted by Gasteiger charge is -2.11. The second-order valence-corrected chi connectivity index (χ2v) is 5.83. The molecule has 4 heteroatoms. The Morgan fingerprint density at radius 2 is 2.00 bits per heavy atom.